The second kappa shape index (κ2) is 14.6. The van der Waals surface area contributed by atoms with Crippen LogP contribution < -0.4 is 4.74 Å². The molecule has 1 saturated carbocycles. The zero-order chi connectivity index (χ0) is 30.3. The minimum atomic E-state index is -1.03. The van der Waals surface area contributed by atoms with Crippen LogP contribution in [0.3, 0.4) is 0 Å². The molecule has 0 N–H and O–H groups in total. The van der Waals surface area contributed by atoms with Crippen LogP contribution >= 0.6 is 0 Å². The van der Waals surface area contributed by atoms with Crippen molar-refractivity contribution in [3.8, 4) is 28.0 Å². The van der Waals surface area contributed by atoms with Crippen LogP contribution in [0.2, 0.25) is 0 Å². The molecule has 5 rings (SSSR count). The van der Waals surface area contributed by atoms with Crippen LogP contribution in [0, 0.1) is 41.0 Å². The first kappa shape index (κ1) is 31.3. The lowest BCUT2D eigenvalue weighted by molar-refractivity contribution is 0.187. The molecular weight excluding hydrogens is 548 g/mol. The van der Waals surface area contributed by atoms with Crippen LogP contribution in [0.15, 0.2) is 54.6 Å². The molecule has 0 bridgehead atoms. The van der Waals surface area contributed by atoms with Crippen molar-refractivity contribution in [1.82, 2.24) is 0 Å². The Balaban J connectivity index is 1.24. The predicted molar refractivity (Wildman–Crippen MR) is 168 cm³/mol. The number of hydrogen-bond donors (Lipinski definition) is 0. The van der Waals surface area contributed by atoms with Crippen molar-refractivity contribution in [2.24, 2.45) is 17.8 Å². The van der Waals surface area contributed by atoms with E-state index in [4.69, 9.17) is 4.74 Å². The summed E-state index contributed by atoms with van der Waals surface area (Å²) in [5.41, 5.74) is 2.38. The smallest absolute Gasteiger partial charge is 0.201 e. The average Bonchev–Trinajstić information content (AvgIpc) is 3.04. The molecule has 1 unspecified atom stereocenters. The summed E-state index contributed by atoms with van der Waals surface area (Å²) in [5, 5.41) is 0. The molecule has 1 fully saturated rings. The number of halogens is 4. The molecule has 5 heteroatoms. The number of ether oxygens (including phenoxy) is 1. The van der Waals surface area contributed by atoms with E-state index in [9.17, 15) is 8.78 Å². The van der Waals surface area contributed by atoms with Gasteiger partial charge in [-0.3, -0.25) is 0 Å². The highest BCUT2D eigenvalue weighted by atomic mass is 19.2. The van der Waals surface area contributed by atoms with E-state index in [1.807, 2.05) is 6.92 Å². The molecule has 1 atom stereocenters. The third-order valence-corrected chi connectivity index (χ3v) is 9.67. The minimum absolute atomic E-state index is 0.0810. The van der Waals surface area contributed by atoms with Gasteiger partial charge in [-0.15, -0.1) is 0 Å². The van der Waals surface area contributed by atoms with Crippen molar-refractivity contribution in [2.75, 3.05) is 6.61 Å². The van der Waals surface area contributed by atoms with E-state index in [1.165, 1.54) is 63.5 Å². The molecule has 43 heavy (non-hydrogen) atoms. The first-order valence-corrected chi connectivity index (χ1v) is 16.3. The SMILES string of the molecule is CCCCCC1CCC(C2CC=C(c3ccc(-c4ccc(-c5ccc(OCCC)c(F)c5F)cc4)c(F)c3F)CC2)CC1. The molecular formula is C38H44F4O. The summed E-state index contributed by atoms with van der Waals surface area (Å²) < 4.78 is 65.3. The summed E-state index contributed by atoms with van der Waals surface area (Å²) in [4.78, 5) is 0. The van der Waals surface area contributed by atoms with Gasteiger partial charge in [0.1, 0.15) is 0 Å². The van der Waals surface area contributed by atoms with Crippen LogP contribution in [-0.4, -0.2) is 6.61 Å². The van der Waals surface area contributed by atoms with Gasteiger partial charge in [-0.2, -0.15) is 4.39 Å². The predicted octanol–water partition coefficient (Wildman–Crippen LogP) is 11.9. The molecule has 0 aliphatic heterocycles. The van der Waals surface area contributed by atoms with Gasteiger partial charge >= 0.3 is 0 Å². The Morgan fingerprint density at radius 1 is 0.628 bits per heavy atom. The molecule has 0 aromatic heterocycles. The van der Waals surface area contributed by atoms with Gasteiger partial charge in [-0.05, 0) is 85.1 Å². The van der Waals surface area contributed by atoms with Crippen molar-refractivity contribution in [1.29, 1.82) is 0 Å². The highest BCUT2D eigenvalue weighted by Crippen LogP contribution is 2.43. The van der Waals surface area contributed by atoms with Crippen LogP contribution in [-0.2, 0) is 0 Å². The fourth-order valence-corrected chi connectivity index (χ4v) is 7.09. The third-order valence-electron chi connectivity index (χ3n) is 9.67. The Kier molecular flexibility index (Phi) is 10.6. The van der Waals surface area contributed by atoms with Gasteiger partial charge in [0.2, 0.25) is 5.82 Å². The Hall–Kier alpha value is -3.08. The lowest BCUT2D eigenvalue weighted by atomic mass is 9.70. The van der Waals surface area contributed by atoms with Gasteiger partial charge < -0.3 is 4.74 Å². The first-order valence-electron chi connectivity index (χ1n) is 16.3. The molecule has 230 valence electrons. The normalized spacial score (nSPS) is 20.6. The van der Waals surface area contributed by atoms with E-state index >= 15 is 8.78 Å². The largest absolute Gasteiger partial charge is 0.490 e. The zero-order valence-electron chi connectivity index (χ0n) is 25.5. The number of allylic oxidation sites excluding steroid dienone is 2. The lowest BCUT2D eigenvalue weighted by Crippen LogP contribution is -2.23. The van der Waals surface area contributed by atoms with Gasteiger partial charge in [0.05, 0.1) is 6.61 Å². The van der Waals surface area contributed by atoms with E-state index in [0.29, 0.717) is 35.6 Å². The van der Waals surface area contributed by atoms with Crippen molar-refractivity contribution in [3.63, 3.8) is 0 Å². The summed E-state index contributed by atoms with van der Waals surface area (Å²) in [7, 11) is 0. The highest BCUT2D eigenvalue weighted by molar-refractivity contribution is 5.74. The van der Waals surface area contributed by atoms with Crippen molar-refractivity contribution in [3.05, 3.63) is 83.4 Å². The highest BCUT2D eigenvalue weighted by Gasteiger charge is 2.29. The van der Waals surface area contributed by atoms with Gasteiger partial charge in [0, 0.05) is 16.7 Å². The van der Waals surface area contributed by atoms with Crippen LogP contribution in [0.1, 0.15) is 96.5 Å². The van der Waals surface area contributed by atoms with E-state index in [0.717, 1.165) is 36.7 Å². The lowest BCUT2D eigenvalue weighted by Gasteiger charge is -2.35. The number of unbranched alkanes of at least 4 members (excludes halogenated alkanes) is 2. The maximum absolute atomic E-state index is 15.4. The Bertz CT molecular complexity index is 1400. The monoisotopic (exact) mass is 592 g/mol. The summed E-state index contributed by atoms with van der Waals surface area (Å²) >= 11 is 0. The fraction of sp³-hybridized carbons (Fsp3) is 0.474. The molecule has 0 amide bonds. The maximum Gasteiger partial charge on any atom is 0.201 e. The van der Waals surface area contributed by atoms with Crippen molar-refractivity contribution < 1.29 is 22.3 Å². The van der Waals surface area contributed by atoms with E-state index in [1.54, 1.807) is 36.4 Å². The topological polar surface area (TPSA) is 9.23 Å². The Morgan fingerprint density at radius 2 is 1.23 bits per heavy atom. The standard InChI is InChI=1S/C38H44F4O/c1-3-5-6-7-25-8-10-26(11-9-25)27-12-14-28(15-13-27)31-20-21-32(36(40)35(31)39)29-16-18-30(19-17-29)33-22-23-34(43-24-4-2)38(42)37(33)41/h14,16-23,25-27H,3-13,15,24H2,1-2H3. The summed E-state index contributed by atoms with van der Waals surface area (Å²) in [6.45, 7) is 4.44. The van der Waals surface area contributed by atoms with Gasteiger partial charge in [-0.25, -0.2) is 13.2 Å². The van der Waals surface area contributed by atoms with Gasteiger partial charge in [0.25, 0.3) is 0 Å². The molecule has 3 aromatic carbocycles. The van der Waals surface area contributed by atoms with Gasteiger partial charge in [0.15, 0.2) is 23.2 Å². The maximum atomic E-state index is 15.4. The third kappa shape index (κ3) is 7.19. The van der Waals surface area contributed by atoms with Crippen LogP contribution in [0.25, 0.3) is 27.8 Å². The van der Waals surface area contributed by atoms with E-state index in [-0.39, 0.29) is 16.9 Å². The molecule has 0 radical (unpaired) electrons. The molecule has 3 aromatic rings. The second-order valence-corrected chi connectivity index (χ2v) is 12.5. The summed E-state index contributed by atoms with van der Waals surface area (Å²) in [5.74, 6) is -1.58. The van der Waals surface area contributed by atoms with Crippen molar-refractivity contribution in [2.45, 2.75) is 90.9 Å². The number of hydrogen-bond acceptors (Lipinski definition) is 1. The number of benzene rings is 3. The summed E-state index contributed by atoms with van der Waals surface area (Å²) in [6.07, 6.45) is 16.2. The number of rotatable bonds is 11. The zero-order valence-corrected chi connectivity index (χ0v) is 25.5. The molecule has 2 aliphatic carbocycles. The second-order valence-electron chi connectivity index (χ2n) is 12.5. The molecule has 1 nitrogen and oxygen atoms in total. The fourth-order valence-electron chi connectivity index (χ4n) is 7.09. The molecule has 0 saturated heterocycles. The Morgan fingerprint density at radius 3 is 1.84 bits per heavy atom. The summed E-state index contributed by atoms with van der Waals surface area (Å²) in [6, 6.07) is 12.6. The molecule has 2 aliphatic rings. The van der Waals surface area contributed by atoms with Crippen LogP contribution in [0.5, 0.6) is 5.75 Å². The van der Waals surface area contributed by atoms with Gasteiger partial charge in [-0.1, -0.05) is 94.8 Å². The van der Waals surface area contributed by atoms with Crippen LogP contribution in [0.4, 0.5) is 17.6 Å². The molecule has 0 spiro atoms. The molecule has 0 heterocycles. The average molecular weight is 593 g/mol. The quantitative estimate of drug-likeness (QED) is 0.159. The Labute approximate surface area is 254 Å². The first-order chi connectivity index (χ1) is 20.9. The van der Waals surface area contributed by atoms with E-state index in [2.05, 4.69) is 13.0 Å². The van der Waals surface area contributed by atoms with Crippen molar-refractivity contribution >= 4 is 5.57 Å². The van der Waals surface area contributed by atoms with E-state index < -0.39 is 23.3 Å². The minimum Gasteiger partial charge on any atom is -0.490 e.